The molecule has 0 aromatic carbocycles. The van der Waals surface area contributed by atoms with Crippen LogP contribution in [0.25, 0.3) is 0 Å². The fourth-order valence-corrected chi connectivity index (χ4v) is 3.13. The molecule has 106 valence electrons. The second kappa shape index (κ2) is 5.51. The highest BCUT2D eigenvalue weighted by Crippen LogP contribution is 2.21. The van der Waals surface area contributed by atoms with Gasteiger partial charge in [0.2, 0.25) is 15.9 Å². The molecule has 0 fully saturated rings. The number of hydrogen-bond acceptors (Lipinski definition) is 6. The Kier molecular flexibility index (Phi) is 4.45. The maximum absolute atomic E-state index is 12.2. The van der Waals surface area contributed by atoms with Gasteiger partial charge in [0.15, 0.2) is 0 Å². The number of primary amides is 1. The average molecular weight is 287 g/mol. The van der Waals surface area contributed by atoms with E-state index in [9.17, 15) is 13.2 Å². The molecule has 1 aromatic rings. The van der Waals surface area contributed by atoms with Gasteiger partial charge in [-0.1, -0.05) is 0 Å². The SMILES string of the molecule is CC(C)(CC(N)=O)NS(=O)(=O)c1cnccc1NN. The third-order valence-electron chi connectivity index (χ3n) is 2.26. The topological polar surface area (TPSA) is 140 Å². The number of carbonyl (C=O) groups is 1. The van der Waals surface area contributed by atoms with E-state index in [0.717, 1.165) is 6.20 Å². The Labute approximate surface area is 111 Å². The molecule has 0 aliphatic carbocycles. The van der Waals surface area contributed by atoms with Gasteiger partial charge in [0, 0.05) is 24.4 Å². The molecule has 8 nitrogen and oxygen atoms in total. The predicted octanol–water partition coefficient (Wildman–Crippen LogP) is -0.700. The minimum Gasteiger partial charge on any atom is -0.370 e. The van der Waals surface area contributed by atoms with Gasteiger partial charge in [-0.25, -0.2) is 13.1 Å². The summed E-state index contributed by atoms with van der Waals surface area (Å²) in [5.41, 5.74) is 6.55. The van der Waals surface area contributed by atoms with Crippen LogP contribution >= 0.6 is 0 Å². The number of rotatable bonds is 6. The first-order chi connectivity index (χ1) is 8.68. The van der Waals surface area contributed by atoms with Crippen LogP contribution in [0.15, 0.2) is 23.4 Å². The van der Waals surface area contributed by atoms with Crippen LogP contribution in [0.3, 0.4) is 0 Å². The average Bonchev–Trinajstić information content (AvgIpc) is 2.25. The minimum absolute atomic E-state index is 0.102. The summed E-state index contributed by atoms with van der Waals surface area (Å²) in [6.45, 7) is 3.11. The van der Waals surface area contributed by atoms with Crippen LogP contribution in [0.2, 0.25) is 0 Å². The third kappa shape index (κ3) is 4.16. The number of amides is 1. The standard InChI is InChI=1S/C10H17N5O3S/c1-10(2,5-9(11)16)15-19(17,18)8-6-13-4-3-7(8)14-12/h3-4,6,15H,5,12H2,1-2H3,(H2,11,16)(H,13,14). The van der Waals surface area contributed by atoms with Gasteiger partial charge in [0.05, 0.1) is 5.69 Å². The minimum atomic E-state index is -3.87. The number of nitrogen functional groups attached to an aromatic ring is 1. The summed E-state index contributed by atoms with van der Waals surface area (Å²) in [6.07, 6.45) is 2.44. The van der Waals surface area contributed by atoms with Gasteiger partial charge in [-0.3, -0.25) is 15.6 Å². The Morgan fingerprint density at radius 3 is 2.63 bits per heavy atom. The zero-order valence-electron chi connectivity index (χ0n) is 10.7. The Balaban J connectivity index is 3.08. The smallest absolute Gasteiger partial charge is 0.244 e. The highest BCUT2D eigenvalue weighted by atomic mass is 32.2. The number of hydrogen-bond donors (Lipinski definition) is 4. The number of aromatic nitrogens is 1. The summed E-state index contributed by atoms with van der Waals surface area (Å²) < 4.78 is 26.8. The Morgan fingerprint density at radius 2 is 2.11 bits per heavy atom. The van der Waals surface area contributed by atoms with Crippen molar-refractivity contribution in [3.63, 3.8) is 0 Å². The Morgan fingerprint density at radius 1 is 1.47 bits per heavy atom. The third-order valence-corrected chi connectivity index (χ3v) is 3.98. The number of hydrazine groups is 1. The summed E-state index contributed by atoms with van der Waals surface area (Å²) in [6, 6.07) is 1.43. The van der Waals surface area contributed by atoms with E-state index < -0.39 is 21.5 Å². The fraction of sp³-hybridized carbons (Fsp3) is 0.400. The number of nitrogens with two attached hydrogens (primary N) is 2. The zero-order chi connectivity index (χ0) is 14.7. The van der Waals surface area contributed by atoms with Crippen LogP contribution in [0, 0.1) is 0 Å². The fourth-order valence-electron chi connectivity index (χ4n) is 1.60. The van der Waals surface area contributed by atoms with E-state index >= 15 is 0 Å². The maximum Gasteiger partial charge on any atom is 0.244 e. The highest BCUT2D eigenvalue weighted by Gasteiger charge is 2.29. The van der Waals surface area contributed by atoms with Gasteiger partial charge in [0.1, 0.15) is 4.90 Å². The van der Waals surface area contributed by atoms with Crippen molar-refractivity contribution in [2.75, 3.05) is 5.43 Å². The molecule has 1 amide bonds. The molecule has 0 aliphatic heterocycles. The van der Waals surface area contributed by atoms with E-state index in [1.807, 2.05) is 0 Å². The van der Waals surface area contributed by atoms with Gasteiger partial charge in [0.25, 0.3) is 0 Å². The normalized spacial score (nSPS) is 12.2. The highest BCUT2D eigenvalue weighted by molar-refractivity contribution is 7.89. The van der Waals surface area contributed by atoms with Gasteiger partial charge >= 0.3 is 0 Å². The number of nitrogens with one attached hydrogen (secondary N) is 2. The lowest BCUT2D eigenvalue weighted by atomic mass is 10.0. The van der Waals surface area contributed by atoms with Crippen molar-refractivity contribution in [3.8, 4) is 0 Å². The van der Waals surface area contributed by atoms with Crippen molar-refractivity contribution < 1.29 is 13.2 Å². The first-order valence-corrected chi connectivity index (χ1v) is 6.89. The van der Waals surface area contributed by atoms with Crippen molar-refractivity contribution in [2.45, 2.75) is 30.7 Å². The molecule has 0 radical (unpaired) electrons. The van der Waals surface area contributed by atoms with E-state index in [1.54, 1.807) is 13.8 Å². The molecule has 0 spiro atoms. The van der Waals surface area contributed by atoms with E-state index in [4.69, 9.17) is 11.6 Å². The van der Waals surface area contributed by atoms with Crippen molar-refractivity contribution >= 4 is 21.6 Å². The van der Waals surface area contributed by atoms with Crippen LogP contribution in [-0.4, -0.2) is 24.8 Å². The molecular weight excluding hydrogens is 270 g/mol. The summed E-state index contributed by atoms with van der Waals surface area (Å²) >= 11 is 0. The lowest BCUT2D eigenvalue weighted by Crippen LogP contribution is -2.46. The molecule has 0 bridgehead atoms. The number of pyridine rings is 1. The zero-order valence-corrected chi connectivity index (χ0v) is 11.5. The first kappa shape index (κ1) is 15.3. The summed E-state index contributed by atoms with van der Waals surface area (Å²) in [5.74, 6) is 4.65. The lowest BCUT2D eigenvalue weighted by Gasteiger charge is -2.24. The van der Waals surface area contributed by atoms with Crippen LogP contribution in [0.4, 0.5) is 5.69 Å². The van der Waals surface area contributed by atoms with E-state index in [1.165, 1.54) is 12.3 Å². The van der Waals surface area contributed by atoms with Crippen LogP contribution < -0.4 is 21.7 Å². The molecule has 6 N–H and O–H groups in total. The van der Waals surface area contributed by atoms with Crippen LogP contribution in [-0.2, 0) is 14.8 Å². The summed E-state index contributed by atoms with van der Waals surface area (Å²) in [7, 11) is -3.87. The lowest BCUT2D eigenvalue weighted by molar-refractivity contribution is -0.119. The Hall–Kier alpha value is -1.71. The van der Waals surface area contributed by atoms with Crippen molar-refractivity contribution in [2.24, 2.45) is 11.6 Å². The molecule has 0 saturated heterocycles. The molecule has 1 rings (SSSR count). The molecule has 19 heavy (non-hydrogen) atoms. The second-order valence-corrected chi connectivity index (χ2v) is 6.30. The molecule has 1 aromatic heterocycles. The number of carbonyl (C=O) groups excluding carboxylic acids is 1. The molecule has 0 saturated carbocycles. The van der Waals surface area contributed by atoms with Crippen molar-refractivity contribution in [1.82, 2.24) is 9.71 Å². The van der Waals surface area contributed by atoms with Crippen molar-refractivity contribution in [3.05, 3.63) is 18.5 Å². The van der Waals surface area contributed by atoms with E-state index in [-0.39, 0.29) is 17.0 Å². The second-order valence-electron chi connectivity index (χ2n) is 4.65. The molecule has 0 unspecified atom stereocenters. The van der Waals surface area contributed by atoms with Crippen LogP contribution in [0.5, 0.6) is 0 Å². The molecule has 0 atom stereocenters. The molecule has 1 heterocycles. The number of sulfonamides is 1. The maximum atomic E-state index is 12.2. The number of anilines is 1. The first-order valence-electron chi connectivity index (χ1n) is 5.41. The Bertz CT molecular complexity index is 570. The largest absolute Gasteiger partial charge is 0.370 e. The molecular formula is C10H17N5O3S. The predicted molar refractivity (Wildman–Crippen MR) is 70.3 cm³/mol. The van der Waals surface area contributed by atoms with Gasteiger partial charge in [-0.2, -0.15) is 0 Å². The quantitative estimate of drug-likeness (QED) is 0.403. The monoisotopic (exact) mass is 287 g/mol. The van der Waals surface area contributed by atoms with Crippen LogP contribution in [0.1, 0.15) is 20.3 Å². The molecule has 0 aliphatic rings. The molecule has 9 heteroatoms. The van der Waals surface area contributed by atoms with E-state index in [0.29, 0.717) is 0 Å². The van der Waals surface area contributed by atoms with Gasteiger partial charge < -0.3 is 11.2 Å². The summed E-state index contributed by atoms with van der Waals surface area (Å²) in [5, 5.41) is 0. The van der Waals surface area contributed by atoms with Gasteiger partial charge in [-0.15, -0.1) is 0 Å². The van der Waals surface area contributed by atoms with E-state index in [2.05, 4.69) is 15.1 Å². The van der Waals surface area contributed by atoms with Crippen molar-refractivity contribution in [1.29, 1.82) is 0 Å². The van der Waals surface area contributed by atoms with Gasteiger partial charge in [-0.05, 0) is 19.9 Å². The summed E-state index contributed by atoms with van der Waals surface area (Å²) in [4.78, 5) is 14.5. The number of nitrogens with zero attached hydrogens (tertiary/aromatic N) is 1.